The maximum absolute atomic E-state index is 14.6. The first kappa shape index (κ1) is 32.1. The highest BCUT2D eigenvalue weighted by Gasteiger charge is 2.32. The quantitative estimate of drug-likeness (QED) is 0.249. The number of hydrogen-bond acceptors (Lipinski definition) is 7. The summed E-state index contributed by atoms with van der Waals surface area (Å²) in [6.07, 6.45) is 1.92. The summed E-state index contributed by atoms with van der Waals surface area (Å²) >= 11 is 0. The molecule has 0 radical (unpaired) electrons. The van der Waals surface area contributed by atoms with Gasteiger partial charge in [-0.1, -0.05) is 56.7 Å². The molecule has 1 N–H and O–H groups in total. The third-order valence-electron chi connectivity index (χ3n) is 7.39. The van der Waals surface area contributed by atoms with E-state index in [0.717, 1.165) is 6.42 Å². The molecule has 228 valence electrons. The summed E-state index contributed by atoms with van der Waals surface area (Å²) in [5.74, 6) is -1.60. The minimum atomic E-state index is -4.58. The Morgan fingerprint density at radius 2 is 1.77 bits per heavy atom. The van der Waals surface area contributed by atoms with Crippen LogP contribution in [0.3, 0.4) is 0 Å². The van der Waals surface area contributed by atoms with Crippen LogP contribution in [-0.2, 0) is 16.3 Å². The Hall–Kier alpha value is -4.82. The van der Waals surface area contributed by atoms with Crippen LogP contribution in [0, 0.1) is 17.1 Å². The average Bonchev–Trinajstić information content (AvgIpc) is 3.01. The Kier molecular flexibility index (Phi) is 9.65. The van der Waals surface area contributed by atoms with Crippen LogP contribution in [0.25, 0.3) is 11.1 Å². The number of sulfone groups is 1. The Morgan fingerprint density at radius 1 is 1.09 bits per heavy atom. The van der Waals surface area contributed by atoms with Gasteiger partial charge >= 0.3 is 0 Å². The van der Waals surface area contributed by atoms with E-state index in [0.29, 0.717) is 35.1 Å². The molecule has 0 bridgehead atoms. The molecule has 1 amide bonds. The number of benzene rings is 3. The van der Waals surface area contributed by atoms with Crippen LogP contribution >= 0.6 is 0 Å². The van der Waals surface area contributed by atoms with Crippen LogP contribution in [0.2, 0.25) is 0 Å². The lowest BCUT2D eigenvalue weighted by Gasteiger charge is -2.25. The number of aromatic hydroxyl groups is 1. The van der Waals surface area contributed by atoms with Crippen LogP contribution in [0.4, 0.5) is 4.39 Å². The standard InChI is InChI=1S/C33H33FN4O5S/c1-5-7-12-29-36-31(39)30(33(41)38(29)28(6-2)22-13-14-23(20-35)27(34)19-22)44(42,43)24-17-15-21(16-18-24)25-10-8-9-11-26(25)32(40)37(3)4/h8-11,13-19,28,41H,5-7,12H2,1-4H3/t28-/m0/s1. The van der Waals surface area contributed by atoms with E-state index in [1.807, 2.05) is 6.92 Å². The van der Waals surface area contributed by atoms with Crippen LogP contribution in [0.15, 0.2) is 81.3 Å². The van der Waals surface area contributed by atoms with Crippen LogP contribution in [0.1, 0.15) is 66.5 Å². The fraction of sp³-hybridized carbons (Fsp3) is 0.273. The molecule has 3 aromatic carbocycles. The predicted octanol–water partition coefficient (Wildman–Crippen LogP) is 5.50. The van der Waals surface area contributed by atoms with Crippen molar-refractivity contribution in [2.75, 3.05) is 14.1 Å². The van der Waals surface area contributed by atoms with E-state index in [9.17, 15) is 27.5 Å². The smallest absolute Gasteiger partial charge is 0.296 e. The molecule has 1 atom stereocenters. The third-order valence-corrected chi connectivity index (χ3v) is 9.18. The van der Waals surface area contributed by atoms with Gasteiger partial charge in [0.1, 0.15) is 17.7 Å². The number of halogens is 1. The van der Waals surface area contributed by atoms with Gasteiger partial charge in [0.15, 0.2) is 4.90 Å². The normalized spacial score (nSPS) is 12.0. The predicted molar refractivity (Wildman–Crippen MR) is 164 cm³/mol. The summed E-state index contributed by atoms with van der Waals surface area (Å²) in [6.45, 7) is 3.71. The molecule has 1 heterocycles. The molecule has 4 aromatic rings. The van der Waals surface area contributed by atoms with E-state index < -0.39 is 38.0 Å². The first-order valence-corrected chi connectivity index (χ1v) is 15.6. The number of carbonyl (C=O) groups excluding carboxylic acids is 1. The zero-order valence-corrected chi connectivity index (χ0v) is 25.7. The molecule has 0 unspecified atom stereocenters. The summed E-state index contributed by atoms with van der Waals surface area (Å²) in [5.41, 5.74) is 0.738. The van der Waals surface area contributed by atoms with Gasteiger partial charge in [0.05, 0.1) is 16.5 Å². The molecular formula is C33H33FN4O5S. The van der Waals surface area contributed by atoms with E-state index in [1.165, 1.54) is 51.9 Å². The molecule has 0 aliphatic heterocycles. The molecule has 0 fully saturated rings. The van der Waals surface area contributed by atoms with Gasteiger partial charge in [0, 0.05) is 26.1 Å². The lowest BCUT2D eigenvalue weighted by Crippen LogP contribution is -2.27. The van der Waals surface area contributed by atoms with Crippen molar-refractivity contribution >= 4 is 15.7 Å². The van der Waals surface area contributed by atoms with Crippen molar-refractivity contribution in [3.8, 4) is 23.1 Å². The highest BCUT2D eigenvalue weighted by molar-refractivity contribution is 7.91. The number of amides is 1. The molecule has 0 aliphatic rings. The molecule has 0 aliphatic carbocycles. The van der Waals surface area contributed by atoms with Crippen molar-refractivity contribution in [2.24, 2.45) is 0 Å². The number of aromatic nitrogens is 2. The summed E-state index contributed by atoms with van der Waals surface area (Å²) in [6, 6.07) is 17.6. The summed E-state index contributed by atoms with van der Waals surface area (Å²) in [5, 5.41) is 20.7. The van der Waals surface area contributed by atoms with E-state index in [2.05, 4.69) is 4.98 Å². The molecule has 44 heavy (non-hydrogen) atoms. The molecule has 0 saturated carbocycles. The second kappa shape index (κ2) is 13.2. The van der Waals surface area contributed by atoms with Gasteiger partial charge in [-0.3, -0.25) is 14.2 Å². The number of aryl methyl sites for hydroxylation is 1. The molecular weight excluding hydrogens is 583 g/mol. The van der Waals surface area contributed by atoms with Crippen LogP contribution < -0.4 is 5.56 Å². The second-order valence-corrected chi connectivity index (χ2v) is 12.4. The number of hydrogen-bond donors (Lipinski definition) is 1. The van der Waals surface area contributed by atoms with Crippen LogP contribution in [0.5, 0.6) is 5.88 Å². The molecule has 0 saturated heterocycles. The van der Waals surface area contributed by atoms with Gasteiger partial charge in [-0.25, -0.2) is 12.8 Å². The largest absolute Gasteiger partial charge is 0.493 e. The number of nitrogens with zero attached hydrogens (tertiary/aromatic N) is 4. The monoisotopic (exact) mass is 616 g/mol. The van der Waals surface area contributed by atoms with Gasteiger partial charge in [-0.05, 0) is 59.9 Å². The van der Waals surface area contributed by atoms with Crippen molar-refractivity contribution in [3.63, 3.8) is 0 Å². The lowest BCUT2D eigenvalue weighted by atomic mass is 9.99. The summed E-state index contributed by atoms with van der Waals surface area (Å²) in [4.78, 5) is 30.4. The topological polar surface area (TPSA) is 133 Å². The van der Waals surface area contributed by atoms with Crippen molar-refractivity contribution in [1.82, 2.24) is 14.5 Å². The molecule has 9 nitrogen and oxygen atoms in total. The zero-order chi connectivity index (χ0) is 32.2. The fourth-order valence-electron chi connectivity index (χ4n) is 5.11. The number of unbranched alkanes of at least 4 members (excludes halogenated alkanes) is 1. The highest BCUT2D eigenvalue weighted by atomic mass is 32.2. The molecule has 1 aromatic heterocycles. The fourth-order valence-corrected chi connectivity index (χ4v) is 6.46. The molecule has 0 spiro atoms. The van der Waals surface area contributed by atoms with Gasteiger partial charge in [-0.15, -0.1) is 0 Å². The summed E-state index contributed by atoms with van der Waals surface area (Å²) in [7, 11) is -1.31. The molecule has 4 rings (SSSR count). The van der Waals surface area contributed by atoms with E-state index in [4.69, 9.17) is 5.26 Å². The van der Waals surface area contributed by atoms with E-state index >= 15 is 0 Å². The Bertz CT molecular complexity index is 1910. The van der Waals surface area contributed by atoms with E-state index in [-0.39, 0.29) is 28.6 Å². The second-order valence-electron chi connectivity index (χ2n) is 10.5. The maximum Gasteiger partial charge on any atom is 0.296 e. The minimum absolute atomic E-state index is 0.155. The number of carbonyl (C=O) groups is 1. The van der Waals surface area contributed by atoms with Gasteiger partial charge < -0.3 is 10.0 Å². The Labute approximate surface area is 255 Å². The number of rotatable bonds is 10. The Morgan fingerprint density at radius 3 is 2.36 bits per heavy atom. The lowest BCUT2D eigenvalue weighted by molar-refractivity contribution is 0.0828. The first-order chi connectivity index (χ1) is 21.0. The average molecular weight is 617 g/mol. The zero-order valence-electron chi connectivity index (χ0n) is 24.9. The van der Waals surface area contributed by atoms with Gasteiger partial charge in [0.25, 0.3) is 11.5 Å². The van der Waals surface area contributed by atoms with Crippen molar-refractivity contribution in [2.45, 2.75) is 55.4 Å². The summed E-state index contributed by atoms with van der Waals surface area (Å²) < 4.78 is 43.6. The highest BCUT2D eigenvalue weighted by Crippen LogP contribution is 2.35. The van der Waals surface area contributed by atoms with Gasteiger partial charge in [-0.2, -0.15) is 10.2 Å². The van der Waals surface area contributed by atoms with Crippen molar-refractivity contribution in [1.29, 1.82) is 5.26 Å². The van der Waals surface area contributed by atoms with Crippen LogP contribution in [-0.4, -0.2) is 48.0 Å². The number of nitriles is 1. The minimum Gasteiger partial charge on any atom is -0.493 e. The maximum atomic E-state index is 14.6. The molecule has 11 heteroatoms. The van der Waals surface area contributed by atoms with Crippen molar-refractivity contribution in [3.05, 3.63) is 105 Å². The first-order valence-electron chi connectivity index (χ1n) is 14.2. The van der Waals surface area contributed by atoms with Gasteiger partial charge in [0.2, 0.25) is 15.7 Å². The van der Waals surface area contributed by atoms with Crippen molar-refractivity contribution < 1.29 is 22.7 Å². The Balaban J connectivity index is 1.86. The van der Waals surface area contributed by atoms with E-state index in [1.54, 1.807) is 51.4 Å². The SMILES string of the molecule is CCCCc1nc(=O)c(S(=O)(=O)c2ccc(-c3ccccc3C(=O)N(C)C)cc2)c(O)n1[C@@H](CC)c1ccc(C#N)c(F)c1. The third kappa shape index (κ3) is 6.12.